The molecule has 2 unspecified atom stereocenters. The predicted molar refractivity (Wildman–Crippen MR) is 235 cm³/mol. The quantitative estimate of drug-likeness (QED) is 0.0205. The lowest BCUT2D eigenvalue weighted by Gasteiger charge is -2.34. The van der Waals surface area contributed by atoms with Gasteiger partial charge in [0, 0.05) is 19.3 Å². The van der Waals surface area contributed by atoms with E-state index in [1.54, 1.807) is 21.1 Å². The molecule has 8 nitrogen and oxygen atoms in total. The molecule has 0 aliphatic carbocycles. The summed E-state index contributed by atoms with van der Waals surface area (Å²) in [6.07, 6.45) is 52.5. The summed E-state index contributed by atoms with van der Waals surface area (Å²) in [7, 11) is 5.37. The maximum Gasteiger partial charge on any atom is 0.306 e. The maximum atomic E-state index is 12.7. The monoisotopic (exact) mass is 792 g/mol. The molecule has 0 rings (SSSR count). The number of ether oxygens (including phenoxy) is 3. The number of allylic oxidation sites excluding steroid dienone is 18. The zero-order valence-electron chi connectivity index (χ0n) is 36.2. The molecule has 57 heavy (non-hydrogen) atoms. The first-order valence-corrected chi connectivity index (χ1v) is 21.5. The van der Waals surface area contributed by atoms with Crippen LogP contribution in [-0.2, 0) is 28.6 Å². The van der Waals surface area contributed by atoms with E-state index in [-0.39, 0.29) is 55.5 Å². The van der Waals surface area contributed by atoms with E-state index in [1.165, 1.54) is 12.8 Å². The van der Waals surface area contributed by atoms with Gasteiger partial charge in [-0.2, -0.15) is 0 Å². The van der Waals surface area contributed by atoms with Gasteiger partial charge in [-0.3, -0.25) is 9.59 Å². The summed E-state index contributed by atoms with van der Waals surface area (Å²) >= 11 is 0. The zero-order valence-corrected chi connectivity index (χ0v) is 36.2. The first-order chi connectivity index (χ1) is 27.6. The highest BCUT2D eigenvalue weighted by atomic mass is 16.6. The van der Waals surface area contributed by atoms with E-state index in [1.807, 2.05) is 60.8 Å². The number of carboxylic acid groups (broad SMARTS) is 1. The van der Waals surface area contributed by atoms with Crippen LogP contribution in [0.25, 0.3) is 0 Å². The average Bonchev–Trinajstić information content (AvgIpc) is 3.17. The van der Waals surface area contributed by atoms with Crippen LogP contribution in [0.15, 0.2) is 109 Å². The summed E-state index contributed by atoms with van der Waals surface area (Å²) in [5.41, 5.74) is 0. The number of likely N-dealkylation sites (N-methyl/N-ethyl adjacent to an activating group) is 1. The third-order valence-electron chi connectivity index (χ3n) is 8.82. The van der Waals surface area contributed by atoms with Crippen LogP contribution in [0.5, 0.6) is 0 Å². The lowest BCUT2D eigenvalue weighted by molar-refractivity contribution is -0.889. The van der Waals surface area contributed by atoms with Crippen LogP contribution < -0.4 is 5.11 Å². The molecule has 8 heteroatoms. The Morgan fingerprint density at radius 1 is 0.544 bits per heavy atom. The van der Waals surface area contributed by atoms with E-state index < -0.39 is 18.1 Å². The molecule has 0 aliphatic rings. The van der Waals surface area contributed by atoms with Crippen molar-refractivity contribution in [2.24, 2.45) is 0 Å². The second-order valence-electron chi connectivity index (χ2n) is 15.0. The number of aliphatic carboxylic acids is 1. The number of quaternary nitrogens is 1. The number of hydrogen-bond donors (Lipinski definition) is 0. The molecule has 0 aromatic carbocycles. The van der Waals surface area contributed by atoms with Gasteiger partial charge in [0.25, 0.3) is 0 Å². The Morgan fingerprint density at radius 3 is 1.60 bits per heavy atom. The normalized spacial score (nSPS) is 14.1. The molecule has 0 aromatic heterocycles. The van der Waals surface area contributed by atoms with Crippen molar-refractivity contribution in [2.75, 3.05) is 41.0 Å². The topological polar surface area (TPSA) is 102 Å². The molecule has 0 fully saturated rings. The lowest BCUT2D eigenvalue weighted by Crippen LogP contribution is -2.55. The molecular formula is C49H77NO7. The lowest BCUT2D eigenvalue weighted by atomic mass is 10.1. The Kier molecular flexibility index (Phi) is 36.1. The van der Waals surface area contributed by atoms with Crippen LogP contribution in [-0.4, -0.2) is 75.5 Å². The van der Waals surface area contributed by atoms with Gasteiger partial charge in [-0.1, -0.05) is 155 Å². The predicted octanol–water partition coefficient (Wildman–Crippen LogP) is 10.4. The number of rotatable bonds is 36. The summed E-state index contributed by atoms with van der Waals surface area (Å²) in [5.74, 6) is -1.83. The molecule has 0 saturated carbocycles. The third kappa shape index (κ3) is 37.3. The number of carbonyl (C=O) groups excluding carboxylic acids is 3. The number of carboxylic acids is 1. The van der Waals surface area contributed by atoms with Gasteiger partial charge in [-0.25, -0.2) is 0 Å². The summed E-state index contributed by atoms with van der Waals surface area (Å²) < 4.78 is 17.1. The zero-order chi connectivity index (χ0) is 42.1. The average molecular weight is 792 g/mol. The standard InChI is InChI=1S/C49H77NO7/c1-6-8-10-12-14-16-18-20-22-24-26-27-29-31-33-35-37-39-47(51)56-44-45(43-55-42-41-46(49(53)54)50(3,4)5)57-48(52)40-38-36-34-32-30-28-25-23-21-19-17-15-13-11-9-7-2/h8-12,14-18,20-24,26-27,29,45-46H,6-7,13,19,25,28,30-44H2,1-5H3/b10-8+,11-9+,14-12+,17-15+,18-16+,22-20+,23-21+,26-24+,29-27+. The van der Waals surface area contributed by atoms with Gasteiger partial charge in [0.15, 0.2) is 6.10 Å². The molecule has 2 atom stereocenters. The van der Waals surface area contributed by atoms with Gasteiger partial charge in [0.1, 0.15) is 12.6 Å². The molecule has 0 amide bonds. The van der Waals surface area contributed by atoms with Gasteiger partial charge >= 0.3 is 11.9 Å². The molecular weight excluding hydrogens is 715 g/mol. The van der Waals surface area contributed by atoms with Gasteiger partial charge in [0.05, 0.1) is 40.3 Å². The highest BCUT2D eigenvalue weighted by Gasteiger charge is 2.25. The van der Waals surface area contributed by atoms with Gasteiger partial charge in [0.2, 0.25) is 0 Å². The first-order valence-electron chi connectivity index (χ1n) is 21.5. The number of unbranched alkanes of at least 4 members (excludes halogenated alkanes) is 9. The number of nitrogens with zero attached hydrogens (tertiary/aromatic N) is 1. The number of hydrogen-bond acceptors (Lipinski definition) is 7. The summed E-state index contributed by atoms with van der Waals surface area (Å²) in [5, 5.41) is 11.6. The molecule has 0 radical (unpaired) electrons. The van der Waals surface area contributed by atoms with Crippen LogP contribution in [0, 0.1) is 0 Å². The fourth-order valence-electron chi connectivity index (χ4n) is 5.53. The van der Waals surface area contributed by atoms with E-state index in [0.29, 0.717) is 6.42 Å². The summed E-state index contributed by atoms with van der Waals surface area (Å²) in [6.45, 7) is 4.31. The summed E-state index contributed by atoms with van der Waals surface area (Å²) in [4.78, 5) is 36.8. The van der Waals surface area contributed by atoms with Crippen LogP contribution in [0.2, 0.25) is 0 Å². The van der Waals surface area contributed by atoms with E-state index in [4.69, 9.17) is 14.2 Å². The van der Waals surface area contributed by atoms with Crippen molar-refractivity contribution < 1.29 is 38.2 Å². The second kappa shape index (κ2) is 38.8. The molecule has 0 N–H and O–H groups in total. The minimum atomic E-state index is -1.14. The fourth-order valence-corrected chi connectivity index (χ4v) is 5.53. The number of esters is 2. The third-order valence-corrected chi connectivity index (χ3v) is 8.82. The van der Waals surface area contributed by atoms with Gasteiger partial charge < -0.3 is 28.6 Å². The van der Waals surface area contributed by atoms with E-state index >= 15 is 0 Å². The highest BCUT2D eigenvalue weighted by molar-refractivity contribution is 5.70. The smallest absolute Gasteiger partial charge is 0.306 e. The molecule has 0 spiro atoms. The maximum absolute atomic E-state index is 12.7. The van der Waals surface area contributed by atoms with Crippen molar-refractivity contribution >= 4 is 17.9 Å². The van der Waals surface area contributed by atoms with E-state index in [9.17, 15) is 19.5 Å². The molecule has 320 valence electrons. The van der Waals surface area contributed by atoms with Crippen LogP contribution >= 0.6 is 0 Å². The van der Waals surface area contributed by atoms with Crippen molar-refractivity contribution in [1.82, 2.24) is 0 Å². The van der Waals surface area contributed by atoms with Crippen molar-refractivity contribution in [3.63, 3.8) is 0 Å². The van der Waals surface area contributed by atoms with E-state index in [2.05, 4.69) is 62.5 Å². The summed E-state index contributed by atoms with van der Waals surface area (Å²) in [6, 6.07) is -0.742. The van der Waals surface area contributed by atoms with Gasteiger partial charge in [-0.05, 0) is 64.2 Å². The molecule has 0 saturated heterocycles. The largest absolute Gasteiger partial charge is 0.544 e. The Hall–Kier alpha value is -4.01. The minimum absolute atomic E-state index is 0.0124. The SMILES string of the molecule is CC/C=C/C=C/C=C/C=C/C=C/C=C/CCCCCC(=O)OCC(COCCC(C(=O)[O-])[N+](C)(C)C)OC(=O)CCCCCCCC/C=C/C/C=C/C/C=C/CC. The van der Waals surface area contributed by atoms with Crippen molar-refractivity contribution in [2.45, 2.75) is 142 Å². The Bertz CT molecular complexity index is 1290. The fraction of sp³-hybridized carbons (Fsp3) is 0.571. The van der Waals surface area contributed by atoms with Crippen molar-refractivity contribution in [1.29, 1.82) is 0 Å². The van der Waals surface area contributed by atoms with Gasteiger partial charge in [-0.15, -0.1) is 0 Å². The minimum Gasteiger partial charge on any atom is -0.544 e. The highest BCUT2D eigenvalue weighted by Crippen LogP contribution is 2.12. The van der Waals surface area contributed by atoms with Crippen molar-refractivity contribution in [3.8, 4) is 0 Å². The molecule has 0 heterocycles. The number of carbonyl (C=O) groups is 3. The Labute approximate surface area is 347 Å². The molecule has 0 aromatic rings. The molecule has 0 bridgehead atoms. The van der Waals surface area contributed by atoms with Crippen LogP contribution in [0.3, 0.4) is 0 Å². The first kappa shape index (κ1) is 53.0. The van der Waals surface area contributed by atoms with E-state index in [0.717, 1.165) is 77.0 Å². The Balaban J connectivity index is 4.50. The van der Waals surface area contributed by atoms with Crippen LogP contribution in [0.1, 0.15) is 129 Å². The Morgan fingerprint density at radius 2 is 1.02 bits per heavy atom. The molecule has 0 aliphatic heterocycles. The van der Waals surface area contributed by atoms with Crippen LogP contribution in [0.4, 0.5) is 0 Å². The van der Waals surface area contributed by atoms with Crippen molar-refractivity contribution in [3.05, 3.63) is 109 Å². The second-order valence-corrected chi connectivity index (χ2v) is 15.0.